The highest BCUT2D eigenvalue weighted by Crippen LogP contribution is 2.35. The standard InChI is InChI=1S/C18H26N2S/c1-13(2)11-19-12-15-16(14-9-7-6-8-10-14)21-17(20-15)18(3,4)5/h6-10,13,19H,11-12H2,1-5H3. The first-order valence-corrected chi connectivity index (χ1v) is 8.46. The van der Waals surface area contributed by atoms with E-state index in [1.807, 2.05) is 11.3 Å². The van der Waals surface area contributed by atoms with Crippen LogP contribution in [0, 0.1) is 5.92 Å². The Kier molecular flexibility index (Phi) is 5.17. The summed E-state index contributed by atoms with van der Waals surface area (Å²) in [7, 11) is 0. The van der Waals surface area contributed by atoms with Crippen molar-refractivity contribution >= 4 is 11.3 Å². The minimum atomic E-state index is 0.102. The van der Waals surface area contributed by atoms with E-state index in [9.17, 15) is 0 Å². The molecule has 0 saturated carbocycles. The lowest BCUT2D eigenvalue weighted by molar-refractivity contribution is 0.544. The van der Waals surface area contributed by atoms with Gasteiger partial charge in [0.25, 0.3) is 0 Å². The van der Waals surface area contributed by atoms with Gasteiger partial charge < -0.3 is 5.32 Å². The van der Waals surface area contributed by atoms with E-state index in [0.29, 0.717) is 5.92 Å². The molecule has 21 heavy (non-hydrogen) atoms. The van der Waals surface area contributed by atoms with Gasteiger partial charge in [0, 0.05) is 12.0 Å². The number of benzene rings is 1. The fourth-order valence-corrected chi connectivity index (χ4v) is 3.23. The van der Waals surface area contributed by atoms with E-state index in [-0.39, 0.29) is 5.41 Å². The van der Waals surface area contributed by atoms with Gasteiger partial charge in [0.15, 0.2) is 0 Å². The summed E-state index contributed by atoms with van der Waals surface area (Å²) in [5, 5.41) is 4.73. The summed E-state index contributed by atoms with van der Waals surface area (Å²) in [4.78, 5) is 6.21. The first-order valence-electron chi connectivity index (χ1n) is 7.64. The van der Waals surface area contributed by atoms with Crippen molar-refractivity contribution in [2.75, 3.05) is 6.54 Å². The Hall–Kier alpha value is -1.19. The van der Waals surface area contributed by atoms with Crippen LogP contribution in [-0.4, -0.2) is 11.5 Å². The number of hydrogen-bond acceptors (Lipinski definition) is 3. The normalized spacial score (nSPS) is 12.1. The molecule has 1 N–H and O–H groups in total. The Labute approximate surface area is 132 Å². The summed E-state index contributed by atoms with van der Waals surface area (Å²) in [6.45, 7) is 13.0. The molecule has 0 aliphatic heterocycles. The molecule has 0 atom stereocenters. The van der Waals surface area contributed by atoms with Crippen LogP contribution < -0.4 is 5.32 Å². The second-order valence-corrected chi connectivity index (χ2v) is 7.93. The summed E-state index contributed by atoms with van der Waals surface area (Å²) >= 11 is 1.83. The maximum atomic E-state index is 4.91. The highest BCUT2D eigenvalue weighted by Gasteiger charge is 2.22. The zero-order valence-electron chi connectivity index (χ0n) is 13.7. The van der Waals surface area contributed by atoms with Crippen LogP contribution in [0.3, 0.4) is 0 Å². The predicted molar refractivity (Wildman–Crippen MR) is 92.8 cm³/mol. The van der Waals surface area contributed by atoms with Crippen LogP contribution in [0.5, 0.6) is 0 Å². The minimum absolute atomic E-state index is 0.102. The van der Waals surface area contributed by atoms with Gasteiger partial charge in [0.1, 0.15) is 0 Å². The lowest BCUT2D eigenvalue weighted by atomic mass is 9.98. The molecule has 3 heteroatoms. The van der Waals surface area contributed by atoms with Crippen molar-refractivity contribution in [2.45, 2.75) is 46.6 Å². The van der Waals surface area contributed by atoms with Crippen molar-refractivity contribution in [2.24, 2.45) is 5.92 Å². The van der Waals surface area contributed by atoms with E-state index in [0.717, 1.165) is 13.1 Å². The third kappa shape index (κ3) is 4.39. The van der Waals surface area contributed by atoms with Gasteiger partial charge in [-0.2, -0.15) is 0 Å². The van der Waals surface area contributed by atoms with Crippen molar-refractivity contribution in [1.29, 1.82) is 0 Å². The topological polar surface area (TPSA) is 24.9 Å². The number of hydrogen-bond donors (Lipinski definition) is 1. The molecule has 1 aromatic heterocycles. The molecule has 0 aliphatic rings. The van der Waals surface area contributed by atoms with E-state index >= 15 is 0 Å². The van der Waals surface area contributed by atoms with Gasteiger partial charge >= 0.3 is 0 Å². The smallest absolute Gasteiger partial charge is 0.0988 e. The van der Waals surface area contributed by atoms with Gasteiger partial charge in [-0.1, -0.05) is 65.0 Å². The molecule has 2 rings (SSSR count). The van der Waals surface area contributed by atoms with Crippen LogP contribution in [0.4, 0.5) is 0 Å². The molecular weight excluding hydrogens is 276 g/mol. The summed E-state index contributed by atoms with van der Waals surface area (Å²) in [5.74, 6) is 0.658. The molecule has 1 aromatic carbocycles. The molecular formula is C18H26N2S. The highest BCUT2D eigenvalue weighted by molar-refractivity contribution is 7.15. The van der Waals surface area contributed by atoms with Gasteiger partial charge in [0.05, 0.1) is 15.6 Å². The van der Waals surface area contributed by atoms with Crippen LogP contribution in [0.1, 0.15) is 45.3 Å². The summed E-state index contributed by atoms with van der Waals surface area (Å²) in [6.07, 6.45) is 0. The third-order valence-corrected chi connectivity index (χ3v) is 4.79. The van der Waals surface area contributed by atoms with Gasteiger partial charge in [-0.15, -0.1) is 11.3 Å². The quantitative estimate of drug-likeness (QED) is 0.853. The highest BCUT2D eigenvalue weighted by atomic mass is 32.1. The number of aromatic nitrogens is 1. The number of nitrogens with one attached hydrogen (secondary N) is 1. The zero-order valence-corrected chi connectivity index (χ0v) is 14.6. The summed E-state index contributed by atoms with van der Waals surface area (Å²) in [6, 6.07) is 10.6. The zero-order chi connectivity index (χ0) is 15.5. The van der Waals surface area contributed by atoms with Crippen molar-refractivity contribution in [3.8, 4) is 10.4 Å². The van der Waals surface area contributed by atoms with Crippen molar-refractivity contribution < 1.29 is 0 Å². The van der Waals surface area contributed by atoms with E-state index < -0.39 is 0 Å². The Morgan fingerprint density at radius 3 is 2.38 bits per heavy atom. The monoisotopic (exact) mass is 302 g/mol. The first kappa shape index (κ1) is 16.2. The maximum Gasteiger partial charge on any atom is 0.0988 e. The molecule has 2 aromatic rings. The average Bonchev–Trinajstić information content (AvgIpc) is 2.83. The Bertz CT molecular complexity index is 565. The number of thiazole rings is 1. The molecule has 0 saturated heterocycles. The lowest BCUT2D eigenvalue weighted by Crippen LogP contribution is -2.20. The van der Waals surface area contributed by atoms with E-state index in [1.54, 1.807) is 0 Å². The molecule has 0 aliphatic carbocycles. The molecule has 2 nitrogen and oxygen atoms in total. The van der Waals surface area contributed by atoms with E-state index in [1.165, 1.54) is 21.1 Å². The Morgan fingerprint density at radius 2 is 1.81 bits per heavy atom. The van der Waals surface area contributed by atoms with Crippen LogP contribution >= 0.6 is 11.3 Å². The lowest BCUT2D eigenvalue weighted by Gasteiger charge is -2.13. The van der Waals surface area contributed by atoms with Crippen LogP contribution in [0.2, 0.25) is 0 Å². The molecule has 0 fully saturated rings. The average molecular weight is 302 g/mol. The largest absolute Gasteiger partial charge is 0.311 e. The second kappa shape index (κ2) is 6.71. The minimum Gasteiger partial charge on any atom is -0.311 e. The fraction of sp³-hybridized carbons (Fsp3) is 0.500. The van der Waals surface area contributed by atoms with Crippen molar-refractivity contribution in [1.82, 2.24) is 10.3 Å². The maximum absolute atomic E-state index is 4.91. The summed E-state index contributed by atoms with van der Waals surface area (Å²) in [5.41, 5.74) is 2.55. The summed E-state index contributed by atoms with van der Waals surface area (Å²) < 4.78 is 0. The van der Waals surface area contributed by atoms with Crippen molar-refractivity contribution in [3.63, 3.8) is 0 Å². The van der Waals surface area contributed by atoms with Gasteiger partial charge in [-0.05, 0) is 18.0 Å². The third-order valence-electron chi connectivity index (χ3n) is 3.22. The van der Waals surface area contributed by atoms with E-state index in [2.05, 4.69) is 70.3 Å². The van der Waals surface area contributed by atoms with Crippen LogP contribution in [-0.2, 0) is 12.0 Å². The number of rotatable bonds is 5. The Morgan fingerprint density at radius 1 is 1.14 bits per heavy atom. The molecule has 0 unspecified atom stereocenters. The van der Waals surface area contributed by atoms with E-state index in [4.69, 9.17) is 4.98 Å². The van der Waals surface area contributed by atoms with Gasteiger partial charge in [0.2, 0.25) is 0 Å². The van der Waals surface area contributed by atoms with Crippen LogP contribution in [0.25, 0.3) is 10.4 Å². The molecule has 0 amide bonds. The molecule has 1 heterocycles. The molecule has 0 bridgehead atoms. The van der Waals surface area contributed by atoms with Gasteiger partial charge in [-0.25, -0.2) is 4.98 Å². The van der Waals surface area contributed by atoms with Crippen LogP contribution in [0.15, 0.2) is 30.3 Å². The fourth-order valence-electron chi connectivity index (χ4n) is 2.09. The Balaban J connectivity index is 2.30. The van der Waals surface area contributed by atoms with Gasteiger partial charge in [-0.3, -0.25) is 0 Å². The first-order chi connectivity index (χ1) is 9.88. The number of nitrogens with zero attached hydrogens (tertiary/aromatic N) is 1. The molecule has 114 valence electrons. The molecule has 0 spiro atoms. The SMILES string of the molecule is CC(C)CNCc1nc(C(C)(C)C)sc1-c1ccccc1. The second-order valence-electron chi connectivity index (χ2n) is 6.94. The van der Waals surface area contributed by atoms with Crippen molar-refractivity contribution in [3.05, 3.63) is 41.0 Å². The molecule has 0 radical (unpaired) electrons. The predicted octanol–water partition coefficient (Wildman–Crippen LogP) is 4.85.